The third-order valence-electron chi connectivity index (χ3n) is 2.98. The van der Waals surface area contributed by atoms with E-state index in [2.05, 4.69) is 10.9 Å². The summed E-state index contributed by atoms with van der Waals surface area (Å²) >= 11 is 0. The molecular weight excluding hydrogens is 403 g/mol. The predicted octanol–water partition coefficient (Wildman–Crippen LogP) is 3.77. The van der Waals surface area contributed by atoms with Gasteiger partial charge in [0.1, 0.15) is 18.2 Å². The van der Waals surface area contributed by atoms with Crippen LogP contribution in [-0.4, -0.2) is 34.9 Å². The lowest BCUT2D eigenvalue weighted by molar-refractivity contribution is -0.192. The number of halogens is 5. The number of nitrogens with one attached hydrogen (secondary N) is 2. The molecule has 156 valence electrons. The summed E-state index contributed by atoms with van der Waals surface area (Å²) in [7, 11) is 0. The third-order valence-corrected chi connectivity index (χ3v) is 2.98. The van der Waals surface area contributed by atoms with E-state index >= 15 is 0 Å². The molecule has 6 nitrogen and oxygen atoms in total. The zero-order chi connectivity index (χ0) is 22.0. The largest absolute Gasteiger partial charge is 0.490 e. The van der Waals surface area contributed by atoms with E-state index in [1.54, 1.807) is 36.4 Å². The molecule has 2 rings (SSSR count). The van der Waals surface area contributed by atoms with Gasteiger partial charge in [0.15, 0.2) is 0 Å². The third kappa shape index (κ3) is 9.86. The fraction of sp³-hybridized carbons (Fsp3) is 0.111. The Morgan fingerprint density at radius 2 is 1.38 bits per heavy atom. The maximum atomic E-state index is 13.1. The van der Waals surface area contributed by atoms with Gasteiger partial charge in [-0.15, -0.1) is 0 Å². The maximum absolute atomic E-state index is 13.1. The Hall–Kier alpha value is -3.47. The zero-order valence-electron chi connectivity index (χ0n) is 14.5. The predicted molar refractivity (Wildman–Crippen MR) is 94.7 cm³/mol. The monoisotopic (exact) mass is 418 g/mol. The number of carboxylic acids is 2. The zero-order valence-corrected chi connectivity index (χ0v) is 14.5. The quantitative estimate of drug-likeness (QED) is 0.324. The van der Waals surface area contributed by atoms with Gasteiger partial charge in [0.25, 0.3) is 0 Å². The number of hydrazine groups is 1. The molecule has 2 aromatic carbocycles. The highest BCUT2D eigenvalue weighted by molar-refractivity contribution is 5.73. The Bertz CT molecular complexity index is 847. The Morgan fingerprint density at radius 1 is 0.897 bits per heavy atom. The number of carboxylic acid groups (broad SMARTS) is 2. The molecule has 11 heteroatoms. The van der Waals surface area contributed by atoms with E-state index in [9.17, 15) is 26.7 Å². The van der Waals surface area contributed by atoms with Crippen LogP contribution in [0.4, 0.5) is 27.6 Å². The summed E-state index contributed by atoms with van der Waals surface area (Å²) in [6.07, 6.45) is -1.75. The van der Waals surface area contributed by atoms with Gasteiger partial charge in [-0.25, -0.2) is 19.0 Å². The number of aliphatic carboxylic acids is 2. The molecule has 0 aliphatic carbocycles. The molecule has 0 atom stereocenters. The molecule has 0 heterocycles. The highest BCUT2D eigenvalue weighted by Gasteiger charge is 2.38. The van der Waals surface area contributed by atoms with Gasteiger partial charge < -0.3 is 15.6 Å². The molecule has 0 radical (unpaired) electrons. The van der Waals surface area contributed by atoms with Gasteiger partial charge in [0, 0.05) is 11.8 Å². The van der Waals surface area contributed by atoms with E-state index in [0.717, 1.165) is 11.6 Å². The van der Waals surface area contributed by atoms with Crippen LogP contribution < -0.4 is 10.9 Å². The van der Waals surface area contributed by atoms with Gasteiger partial charge in [-0.2, -0.15) is 13.2 Å². The summed E-state index contributed by atoms with van der Waals surface area (Å²) < 4.78 is 57.8. The van der Waals surface area contributed by atoms with Crippen molar-refractivity contribution in [3.63, 3.8) is 0 Å². The highest BCUT2D eigenvalue weighted by Crippen LogP contribution is 2.14. The average Bonchev–Trinajstić information content (AvgIpc) is 2.59. The van der Waals surface area contributed by atoms with Crippen molar-refractivity contribution in [2.45, 2.75) is 6.18 Å². The summed E-state index contributed by atoms with van der Waals surface area (Å²) in [5, 5.41) is 15.6. The molecular formula is C18H15F5N2O4. The first-order valence-corrected chi connectivity index (χ1v) is 7.72. The smallest absolute Gasteiger partial charge is 0.480 e. The van der Waals surface area contributed by atoms with Crippen molar-refractivity contribution in [1.29, 1.82) is 0 Å². The normalized spacial score (nSPS) is 10.9. The van der Waals surface area contributed by atoms with Gasteiger partial charge in [-0.1, -0.05) is 24.3 Å². The molecule has 0 spiro atoms. The topological polar surface area (TPSA) is 98.7 Å². The van der Waals surface area contributed by atoms with Crippen LogP contribution in [0.15, 0.2) is 42.5 Å². The van der Waals surface area contributed by atoms with Crippen LogP contribution >= 0.6 is 0 Å². The Balaban J connectivity index is 0.000000516. The van der Waals surface area contributed by atoms with Gasteiger partial charge in [0.2, 0.25) is 0 Å². The summed E-state index contributed by atoms with van der Waals surface area (Å²) in [6, 6.07) is 10.4. The molecule has 29 heavy (non-hydrogen) atoms. The first kappa shape index (κ1) is 23.6. The lowest BCUT2D eigenvalue weighted by Crippen LogP contribution is -2.27. The van der Waals surface area contributed by atoms with Crippen LogP contribution in [0, 0.1) is 11.6 Å². The van der Waals surface area contributed by atoms with Crippen molar-refractivity contribution in [1.82, 2.24) is 5.43 Å². The van der Waals surface area contributed by atoms with E-state index in [0.29, 0.717) is 11.3 Å². The molecule has 0 aliphatic heterocycles. The summed E-state index contributed by atoms with van der Waals surface area (Å²) in [5.74, 6) is -4.96. The first-order chi connectivity index (χ1) is 13.5. The van der Waals surface area contributed by atoms with E-state index in [1.165, 1.54) is 12.1 Å². The number of hydrogen-bond donors (Lipinski definition) is 4. The number of anilines is 1. The first-order valence-electron chi connectivity index (χ1n) is 7.72. The Kier molecular flexibility index (Phi) is 8.74. The van der Waals surface area contributed by atoms with Gasteiger partial charge in [-0.3, -0.25) is 4.79 Å². The second kappa shape index (κ2) is 10.8. The van der Waals surface area contributed by atoms with Crippen molar-refractivity contribution in [3.05, 3.63) is 65.2 Å². The molecule has 0 unspecified atom stereocenters. The van der Waals surface area contributed by atoms with Crippen LogP contribution in [0.3, 0.4) is 0 Å². The average molecular weight is 418 g/mol. The minimum Gasteiger partial charge on any atom is -0.480 e. The van der Waals surface area contributed by atoms with E-state index < -0.39 is 29.7 Å². The Morgan fingerprint density at radius 3 is 1.83 bits per heavy atom. The van der Waals surface area contributed by atoms with Gasteiger partial charge in [0.05, 0.1) is 0 Å². The molecule has 0 aromatic heterocycles. The van der Waals surface area contributed by atoms with Crippen LogP contribution in [0.2, 0.25) is 0 Å². The minimum atomic E-state index is -5.08. The van der Waals surface area contributed by atoms with E-state index in [-0.39, 0.29) is 6.54 Å². The molecule has 0 bridgehead atoms. The van der Waals surface area contributed by atoms with Crippen LogP contribution in [-0.2, 0) is 9.59 Å². The second-order valence-electron chi connectivity index (χ2n) is 5.33. The fourth-order valence-corrected chi connectivity index (χ4v) is 1.76. The molecule has 2 aromatic rings. The van der Waals surface area contributed by atoms with E-state index in [4.69, 9.17) is 15.0 Å². The summed E-state index contributed by atoms with van der Waals surface area (Å²) in [6.45, 7) is -0.202. The number of hydrogen-bond acceptors (Lipinski definition) is 4. The number of benzene rings is 2. The lowest BCUT2D eigenvalue weighted by atomic mass is 10.1. The fourth-order valence-electron chi connectivity index (χ4n) is 1.76. The number of carbonyl (C=O) groups is 2. The number of alkyl halides is 3. The standard InChI is InChI=1S/C16H14F2N2O2.C2HF3O2/c17-13-7-12(8-14(18)9-13)2-1-11-3-5-15(6-4-11)20-19-10-16(21)22;3-2(4,5)1(6)7/h1-9,19-20H,10H2,(H,21,22);(H,6,7)/b2-1+;. The second-order valence-corrected chi connectivity index (χ2v) is 5.33. The highest BCUT2D eigenvalue weighted by atomic mass is 19.4. The number of rotatable bonds is 6. The van der Waals surface area contributed by atoms with Crippen molar-refractivity contribution < 1.29 is 41.8 Å². The summed E-state index contributed by atoms with van der Waals surface area (Å²) in [4.78, 5) is 19.2. The van der Waals surface area contributed by atoms with Crippen molar-refractivity contribution in [2.75, 3.05) is 12.0 Å². The molecule has 4 N–H and O–H groups in total. The van der Waals surface area contributed by atoms with Crippen molar-refractivity contribution in [3.8, 4) is 0 Å². The molecule has 0 saturated heterocycles. The van der Waals surface area contributed by atoms with E-state index in [1.807, 2.05) is 0 Å². The molecule has 0 amide bonds. The van der Waals surface area contributed by atoms with Crippen LogP contribution in [0.25, 0.3) is 12.2 Å². The maximum Gasteiger partial charge on any atom is 0.490 e. The van der Waals surface area contributed by atoms with Crippen molar-refractivity contribution in [2.24, 2.45) is 0 Å². The molecule has 0 aliphatic rings. The van der Waals surface area contributed by atoms with Crippen LogP contribution in [0.5, 0.6) is 0 Å². The van der Waals surface area contributed by atoms with Crippen LogP contribution in [0.1, 0.15) is 11.1 Å². The Labute approximate surface area is 161 Å². The van der Waals surface area contributed by atoms with Gasteiger partial charge >= 0.3 is 18.1 Å². The SMILES string of the molecule is O=C(O)C(F)(F)F.O=C(O)CNNc1ccc(/C=C/c2cc(F)cc(F)c2)cc1. The molecule has 0 fully saturated rings. The van der Waals surface area contributed by atoms with Gasteiger partial charge in [-0.05, 0) is 35.4 Å². The minimum absolute atomic E-state index is 0.202. The summed E-state index contributed by atoms with van der Waals surface area (Å²) in [5.41, 5.74) is 7.26. The lowest BCUT2D eigenvalue weighted by Gasteiger charge is -2.06. The van der Waals surface area contributed by atoms with Crippen molar-refractivity contribution >= 4 is 29.8 Å². The molecule has 0 saturated carbocycles.